The Morgan fingerprint density at radius 3 is 1.41 bits per heavy atom. The van der Waals surface area contributed by atoms with Crippen LogP contribution in [-0.2, 0) is 18.9 Å². The van der Waals surface area contributed by atoms with E-state index >= 15 is 0 Å². The van der Waals surface area contributed by atoms with Gasteiger partial charge in [-0.15, -0.1) is 0 Å². The molecule has 1 N–H and O–H groups in total. The molecule has 224 valence electrons. The molecule has 37 heavy (non-hydrogen) atoms. The molecule has 0 aromatic carbocycles. The Labute approximate surface area is 194 Å². The Hall–Kier alpha value is -1.39. The minimum atomic E-state index is -7.95. The minimum absolute atomic E-state index is 0.616. The van der Waals surface area contributed by atoms with Gasteiger partial charge in [-0.3, -0.25) is 9.47 Å². The molecule has 0 bridgehead atoms. The molecule has 0 aromatic heterocycles. The standard InChI is InChI=1S/C15H15F17O5/c1-6(2)35-4-7(33)3-34-5-8(16,11(20,21)22)36-15(31,32)10(19,13(26,27)28)37-14(29,30)9(17,18)12(23,24)25/h6-7,33H,3-5H2,1-2H3. The summed E-state index contributed by atoms with van der Waals surface area (Å²) in [4.78, 5) is 0. The summed E-state index contributed by atoms with van der Waals surface area (Å²) in [5.74, 6) is -22.1. The van der Waals surface area contributed by atoms with Crippen LogP contribution in [0, 0.1) is 0 Å². The summed E-state index contributed by atoms with van der Waals surface area (Å²) in [5.41, 5.74) is 0. The Morgan fingerprint density at radius 2 is 1.05 bits per heavy atom. The van der Waals surface area contributed by atoms with Crippen molar-refractivity contribution in [3.05, 3.63) is 0 Å². The smallest absolute Gasteiger partial charge is 0.388 e. The van der Waals surface area contributed by atoms with Crippen LogP contribution in [0.5, 0.6) is 0 Å². The fourth-order valence-corrected chi connectivity index (χ4v) is 1.80. The van der Waals surface area contributed by atoms with Crippen molar-refractivity contribution in [1.82, 2.24) is 0 Å². The largest absolute Gasteiger partial charge is 0.462 e. The summed E-state index contributed by atoms with van der Waals surface area (Å²) in [6.45, 7) is -2.43. The van der Waals surface area contributed by atoms with E-state index in [4.69, 9.17) is 4.74 Å². The summed E-state index contributed by atoms with van der Waals surface area (Å²) in [5, 5.41) is 9.32. The van der Waals surface area contributed by atoms with E-state index < -0.39 is 80.4 Å². The van der Waals surface area contributed by atoms with Gasteiger partial charge >= 0.3 is 48.4 Å². The number of ether oxygens (including phenoxy) is 4. The quantitative estimate of drug-likeness (QED) is 0.278. The molecule has 0 radical (unpaired) electrons. The van der Waals surface area contributed by atoms with Crippen LogP contribution in [0.15, 0.2) is 0 Å². The van der Waals surface area contributed by atoms with Gasteiger partial charge in [0.25, 0.3) is 0 Å². The van der Waals surface area contributed by atoms with Crippen LogP contribution in [0.3, 0.4) is 0 Å². The maximum absolute atomic E-state index is 14.2. The van der Waals surface area contributed by atoms with Crippen molar-refractivity contribution in [3.8, 4) is 0 Å². The lowest BCUT2D eigenvalue weighted by molar-refractivity contribution is -0.553. The van der Waals surface area contributed by atoms with E-state index in [1.807, 2.05) is 0 Å². The van der Waals surface area contributed by atoms with Gasteiger partial charge in [0.05, 0.1) is 19.3 Å². The maximum atomic E-state index is 14.2. The maximum Gasteiger partial charge on any atom is 0.462 e. The van der Waals surface area contributed by atoms with E-state index in [0.717, 1.165) is 0 Å². The summed E-state index contributed by atoms with van der Waals surface area (Å²) < 4.78 is 233. The van der Waals surface area contributed by atoms with Crippen LogP contribution in [-0.4, -0.2) is 85.5 Å². The average Bonchev–Trinajstić information content (AvgIpc) is 2.62. The molecule has 3 unspecified atom stereocenters. The van der Waals surface area contributed by atoms with Gasteiger partial charge in [0, 0.05) is 0 Å². The van der Waals surface area contributed by atoms with Crippen LogP contribution >= 0.6 is 0 Å². The molecular weight excluding hydrogens is 583 g/mol. The molecule has 0 fully saturated rings. The van der Waals surface area contributed by atoms with E-state index in [2.05, 4.69) is 9.47 Å². The van der Waals surface area contributed by atoms with E-state index in [9.17, 15) is 79.7 Å². The van der Waals surface area contributed by atoms with Crippen molar-refractivity contribution < 1.29 is 98.7 Å². The molecule has 5 nitrogen and oxygen atoms in total. The van der Waals surface area contributed by atoms with Crippen LogP contribution < -0.4 is 0 Å². The molecule has 0 saturated carbocycles. The zero-order valence-corrected chi connectivity index (χ0v) is 17.8. The zero-order valence-electron chi connectivity index (χ0n) is 17.8. The molecular formula is C15H15F17O5. The third-order valence-electron chi connectivity index (χ3n) is 3.66. The van der Waals surface area contributed by atoms with Crippen molar-refractivity contribution in [1.29, 1.82) is 0 Å². The van der Waals surface area contributed by atoms with Crippen molar-refractivity contribution in [3.63, 3.8) is 0 Å². The second-order valence-electron chi connectivity index (χ2n) is 7.18. The molecule has 0 aliphatic heterocycles. The van der Waals surface area contributed by atoms with Crippen LogP contribution in [0.25, 0.3) is 0 Å². The molecule has 0 rings (SSSR count). The molecule has 22 heteroatoms. The monoisotopic (exact) mass is 598 g/mol. The lowest BCUT2D eigenvalue weighted by Crippen LogP contribution is -2.67. The Balaban J connectivity index is 6.23. The van der Waals surface area contributed by atoms with Crippen LogP contribution in [0.1, 0.15) is 13.8 Å². The summed E-state index contributed by atoms with van der Waals surface area (Å²) in [6, 6.07) is 0. The first kappa shape index (κ1) is 35.6. The summed E-state index contributed by atoms with van der Waals surface area (Å²) >= 11 is 0. The Morgan fingerprint density at radius 1 is 0.595 bits per heavy atom. The van der Waals surface area contributed by atoms with Gasteiger partial charge in [-0.05, 0) is 13.8 Å². The summed E-state index contributed by atoms with van der Waals surface area (Å²) in [7, 11) is 0. The van der Waals surface area contributed by atoms with Gasteiger partial charge in [-0.2, -0.15) is 74.6 Å². The number of aliphatic hydroxyl groups is 1. The van der Waals surface area contributed by atoms with Crippen molar-refractivity contribution in [2.45, 2.75) is 74.4 Å². The fourth-order valence-electron chi connectivity index (χ4n) is 1.80. The lowest BCUT2D eigenvalue weighted by Gasteiger charge is -2.40. The highest BCUT2D eigenvalue weighted by Gasteiger charge is 2.85. The predicted octanol–water partition coefficient (Wildman–Crippen LogP) is 5.66. The van der Waals surface area contributed by atoms with Crippen molar-refractivity contribution >= 4 is 0 Å². The van der Waals surface area contributed by atoms with E-state index in [1.54, 1.807) is 0 Å². The second kappa shape index (κ2) is 11.0. The number of halogens is 17. The predicted molar refractivity (Wildman–Crippen MR) is 80.8 cm³/mol. The van der Waals surface area contributed by atoms with E-state index in [-0.39, 0.29) is 0 Å². The lowest BCUT2D eigenvalue weighted by atomic mass is 10.2. The van der Waals surface area contributed by atoms with Crippen LogP contribution in [0.2, 0.25) is 0 Å². The first-order chi connectivity index (χ1) is 16.0. The molecule has 0 aliphatic carbocycles. The number of aliphatic hydroxyl groups excluding tert-OH is 1. The molecule has 0 aromatic rings. The normalized spacial score (nSPS) is 19.1. The molecule has 0 heterocycles. The fraction of sp³-hybridized carbons (Fsp3) is 1.00. The molecule has 0 amide bonds. The Kier molecular flexibility index (Phi) is 10.6. The van der Waals surface area contributed by atoms with Gasteiger partial charge in [0.2, 0.25) is 0 Å². The van der Waals surface area contributed by atoms with E-state index in [0.29, 0.717) is 0 Å². The van der Waals surface area contributed by atoms with Gasteiger partial charge in [-0.25, -0.2) is 0 Å². The van der Waals surface area contributed by atoms with Gasteiger partial charge < -0.3 is 14.6 Å². The number of alkyl halides is 17. The highest BCUT2D eigenvalue weighted by Crippen LogP contribution is 2.56. The van der Waals surface area contributed by atoms with Crippen molar-refractivity contribution in [2.75, 3.05) is 19.8 Å². The molecule has 0 saturated heterocycles. The highest BCUT2D eigenvalue weighted by molar-refractivity contribution is 4.95. The third-order valence-corrected chi connectivity index (χ3v) is 3.66. The van der Waals surface area contributed by atoms with Crippen LogP contribution in [0.4, 0.5) is 74.6 Å². The third kappa shape index (κ3) is 8.05. The van der Waals surface area contributed by atoms with Crippen molar-refractivity contribution in [2.24, 2.45) is 0 Å². The molecule has 0 aliphatic rings. The van der Waals surface area contributed by atoms with Gasteiger partial charge in [0.15, 0.2) is 0 Å². The SMILES string of the molecule is CC(C)OCC(O)COCC(F)(OC(F)(F)C(F)(OC(F)(F)C(F)(F)C(F)(F)F)C(F)(F)F)C(F)(F)F. The zero-order chi connectivity index (χ0) is 30.1. The number of hydrogen-bond acceptors (Lipinski definition) is 5. The first-order valence-electron chi connectivity index (χ1n) is 8.96. The first-order valence-corrected chi connectivity index (χ1v) is 8.96. The number of hydrogen-bond donors (Lipinski definition) is 1. The Bertz CT molecular complexity index is 734. The van der Waals surface area contributed by atoms with E-state index in [1.165, 1.54) is 18.6 Å². The molecule has 0 spiro atoms. The van der Waals surface area contributed by atoms with Gasteiger partial charge in [0.1, 0.15) is 12.7 Å². The minimum Gasteiger partial charge on any atom is -0.388 e. The van der Waals surface area contributed by atoms with Gasteiger partial charge in [-0.1, -0.05) is 0 Å². The average molecular weight is 598 g/mol. The second-order valence-corrected chi connectivity index (χ2v) is 7.18. The molecule has 3 atom stereocenters. The number of rotatable bonds is 13. The summed E-state index contributed by atoms with van der Waals surface area (Å²) in [6.07, 6.45) is -40.6. The highest BCUT2D eigenvalue weighted by atomic mass is 19.4. The topological polar surface area (TPSA) is 57.2 Å².